The molecule has 0 fully saturated rings. The molecule has 0 aliphatic heterocycles. The molecule has 0 saturated heterocycles. The molecule has 1 aromatic carbocycles. The molecule has 0 aliphatic rings. The van der Waals surface area contributed by atoms with Crippen molar-refractivity contribution in [3.8, 4) is 5.75 Å². The van der Waals surface area contributed by atoms with E-state index in [1.165, 1.54) is 0 Å². The maximum Gasteiger partial charge on any atom is 0.121 e. The summed E-state index contributed by atoms with van der Waals surface area (Å²) in [5.41, 5.74) is 1.78. The van der Waals surface area contributed by atoms with Gasteiger partial charge in [-0.3, -0.25) is 9.97 Å². The number of fused-ring (bicyclic) bond motifs is 1. The zero-order chi connectivity index (χ0) is 11.4. The zero-order valence-corrected chi connectivity index (χ0v) is 9.68. The number of aromatic nitrogens is 2. The zero-order valence-electron chi connectivity index (χ0n) is 9.68. The minimum atomic E-state index is 0.667. The van der Waals surface area contributed by atoms with Gasteiger partial charge in [0.15, 0.2) is 0 Å². The molecule has 3 heteroatoms. The van der Waals surface area contributed by atoms with E-state index in [1.807, 2.05) is 18.2 Å². The van der Waals surface area contributed by atoms with Crippen molar-refractivity contribution in [3.63, 3.8) is 0 Å². The Bertz CT molecular complexity index is 468. The van der Waals surface area contributed by atoms with Gasteiger partial charge in [-0.2, -0.15) is 0 Å². The summed E-state index contributed by atoms with van der Waals surface area (Å²) in [5.74, 6) is 1.54. The summed E-state index contributed by atoms with van der Waals surface area (Å²) >= 11 is 0. The van der Waals surface area contributed by atoms with Gasteiger partial charge in [0.25, 0.3) is 0 Å². The SMILES string of the molecule is CC(C)CCOc1ccc2nccnc2c1. The number of nitrogens with zero attached hydrogens (tertiary/aromatic N) is 2. The van der Waals surface area contributed by atoms with Gasteiger partial charge in [-0.1, -0.05) is 13.8 Å². The molecule has 2 rings (SSSR count). The number of ether oxygens (including phenoxy) is 1. The summed E-state index contributed by atoms with van der Waals surface area (Å²) in [6.07, 6.45) is 4.46. The summed E-state index contributed by atoms with van der Waals surface area (Å²) in [6.45, 7) is 5.13. The maximum absolute atomic E-state index is 5.66. The third-order valence-corrected chi connectivity index (χ3v) is 2.40. The summed E-state index contributed by atoms with van der Waals surface area (Å²) in [6, 6.07) is 5.81. The highest BCUT2D eigenvalue weighted by Crippen LogP contribution is 2.17. The van der Waals surface area contributed by atoms with Crippen molar-refractivity contribution >= 4 is 11.0 Å². The van der Waals surface area contributed by atoms with Crippen LogP contribution in [0.2, 0.25) is 0 Å². The Morgan fingerprint density at radius 2 is 1.88 bits per heavy atom. The highest BCUT2D eigenvalue weighted by molar-refractivity contribution is 5.75. The van der Waals surface area contributed by atoms with Crippen molar-refractivity contribution in [2.75, 3.05) is 6.61 Å². The first-order valence-electron chi connectivity index (χ1n) is 5.59. The molecule has 0 saturated carbocycles. The van der Waals surface area contributed by atoms with Gasteiger partial charge in [0.1, 0.15) is 5.75 Å². The van der Waals surface area contributed by atoms with Crippen LogP contribution in [0.1, 0.15) is 20.3 Å². The number of benzene rings is 1. The first-order valence-corrected chi connectivity index (χ1v) is 5.59. The summed E-state index contributed by atoms with van der Waals surface area (Å²) < 4.78 is 5.66. The van der Waals surface area contributed by atoms with Crippen molar-refractivity contribution < 1.29 is 4.74 Å². The quantitative estimate of drug-likeness (QED) is 0.787. The number of hydrogen-bond acceptors (Lipinski definition) is 3. The number of hydrogen-bond donors (Lipinski definition) is 0. The molecular weight excluding hydrogens is 200 g/mol. The molecule has 16 heavy (non-hydrogen) atoms. The fourth-order valence-electron chi connectivity index (χ4n) is 1.45. The predicted octanol–water partition coefficient (Wildman–Crippen LogP) is 3.05. The Hall–Kier alpha value is -1.64. The van der Waals surface area contributed by atoms with Gasteiger partial charge in [-0.05, 0) is 24.5 Å². The minimum Gasteiger partial charge on any atom is -0.494 e. The van der Waals surface area contributed by atoms with Gasteiger partial charge in [-0.25, -0.2) is 0 Å². The second kappa shape index (κ2) is 4.92. The van der Waals surface area contributed by atoms with Crippen LogP contribution < -0.4 is 4.74 Å². The lowest BCUT2D eigenvalue weighted by molar-refractivity contribution is 0.290. The largest absolute Gasteiger partial charge is 0.494 e. The van der Waals surface area contributed by atoms with E-state index in [1.54, 1.807) is 12.4 Å². The van der Waals surface area contributed by atoms with E-state index in [4.69, 9.17) is 4.74 Å². The molecule has 0 amide bonds. The smallest absolute Gasteiger partial charge is 0.121 e. The van der Waals surface area contributed by atoms with Gasteiger partial charge in [-0.15, -0.1) is 0 Å². The van der Waals surface area contributed by atoms with E-state index < -0.39 is 0 Å². The predicted molar refractivity (Wildman–Crippen MR) is 64.5 cm³/mol. The third-order valence-electron chi connectivity index (χ3n) is 2.40. The van der Waals surface area contributed by atoms with Crippen LogP contribution in [-0.4, -0.2) is 16.6 Å². The van der Waals surface area contributed by atoms with Crippen molar-refractivity contribution in [2.24, 2.45) is 5.92 Å². The number of rotatable bonds is 4. The molecular formula is C13H16N2O. The van der Waals surface area contributed by atoms with Crippen LogP contribution >= 0.6 is 0 Å². The minimum absolute atomic E-state index is 0.667. The highest BCUT2D eigenvalue weighted by atomic mass is 16.5. The lowest BCUT2D eigenvalue weighted by atomic mass is 10.1. The van der Waals surface area contributed by atoms with Crippen molar-refractivity contribution in [3.05, 3.63) is 30.6 Å². The van der Waals surface area contributed by atoms with Crippen LogP contribution in [0.15, 0.2) is 30.6 Å². The van der Waals surface area contributed by atoms with E-state index in [-0.39, 0.29) is 0 Å². The summed E-state index contributed by atoms with van der Waals surface area (Å²) in [4.78, 5) is 8.46. The van der Waals surface area contributed by atoms with E-state index in [2.05, 4.69) is 23.8 Å². The monoisotopic (exact) mass is 216 g/mol. The Kier molecular flexibility index (Phi) is 3.34. The highest BCUT2D eigenvalue weighted by Gasteiger charge is 1.99. The van der Waals surface area contributed by atoms with Crippen molar-refractivity contribution in [1.82, 2.24) is 9.97 Å². The van der Waals surface area contributed by atoms with E-state index in [0.717, 1.165) is 29.8 Å². The van der Waals surface area contributed by atoms with E-state index >= 15 is 0 Å². The summed E-state index contributed by atoms with van der Waals surface area (Å²) in [7, 11) is 0. The maximum atomic E-state index is 5.66. The first kappa shape index (κ1) is 10.9. The lowest BCUT2D eigenvalue weighted by Gasteiger charge is -2.08. The molecule has 84 valence electrons. The van der Waals surface area contributed by atoms with Gasteiger partial charge in [0.2, 0.25) is 0 Å². The molecule has 0 atom stereocenters. The molecule has 1 heterocycles. The van der Waals surface area contributed by atoms with E-state index in [0.29, 0.717) is 5.92 Å². The Balaban J connectivity index is 2.08. The van der Waals surface area contributed by atoms with Crippen LogP contribution in [0.5, 0.6) is 5.75 Å². The van der Waals surface area contributed by atoms with Crippen molar-refractivity contribution in [2.45, 2.75) is 20.3 Å². The molecule has 0 spiro atoms. The fourth-order valence-corrected chi connectivity index (χ4v) is 1.45. The molecule has 0 unspecified atom stereocenters. The normalized spacial score (nSPS) is 10.9. The van der Waals surface area contributed by atoms with Crippen LogP contribution in [0.4, 0.5) is 0 Å². The first-order chi connectivity index (χ1) is 7.75. The molecule has 3 nitrogen and oxygen atoms in total. The Morgan fingerprint density at radius 3 is 2.62 bits per heavy atom. The van der Waals surface area contributed by atoms with Gasteiger partial charge >= 0.3 is 0 Å². The Labute approximate surface area is 95.5 Å². The standard InChI is InChI=1S/C13H16N2O/c1-10(2)5-8-16-11-3-4-12-13(9-11)15-7-6-14-12/h3-4,6-7,9-10H,5,8H2,1-2H3. The van der Waals surface area contributed by atoms with Gasteiger partial charge in [0.05, 0.1) is 17.6 Å². The van der Waals surface area contributed by atoms with Crippen LogP contribution in [0.3, 0.4) is 0 Å². The van der Waals surface area contributed by atoms with Crippen LogP contribution in [-0.2, 0) is 0 Å². The average Bonchev–Trinajstić information content (AvgIpc) is 2.28. The molecule has 0 bridgehead atoms. The van der Waals surface area contributed by atoms with Crippen LogP contribution in [0, 0.1) is 5.92 Å². The van der Waals surface area contributed by atoms with E-state index in [9.17, 15) is 0 Å². The molecule has 0 radical (unpaired) electrons. The van der Waals surface area contributed by atoms with Gasteiger partial charge < -0.3 is 4.74 Å². The molecule has 0 N–H and O–H groups in total. The topological polar surface area (TPSA) is 35.0 Å². The fraction of sp³-hybridized carbons (Fsp3) is 0.385. The molecule has 0 aliphatic carbocycles. The molecule has 2 aromatic rings. The average molecular weight is 216 g/mol. The van der Waals surface area contributed by atoms with Crippen molar-refractivity contribution in [1.29, 1.82) is 0 Å². The third kappa shape index (κ3) is 2.69. The lowest BCUT2D eigenvalue weighted by Crippen LogP contribution is -2.01. The second-order valence-electron chi connectivity index (χ2n) is 4.24. The van der Waals surface area contributed by atoms with Crippen LogP contribution in [0.25, 0.3) is 11.0 Å². The summed E-state index contributed by atoms with van der Waals surface area (Å²) in [5, 5.41) is 0. The Morgan fingerprint density at radius 1 is 1.12 bits per heavy atom. The second-order valence-corrected chi connectivity index (χ2v) is 4.24. The van der Waals surface area contributed by atoms with Gasteiger partial charge in [0, 0.05) is 18.5 Å². The molecule has 1 aromatic heterocycles.